The minimum atomic E-state index is -0.662. The Morgan fingerprint density at radius 2 is 1.65 bits per heavy atom. The van der Waals surface area contributed by atoms with E-state index in [0.29, 0.717) is 5.92 Å². The molecule has 0 heterocycles. The van der Waals surface area contributed by atoms with Gasteiger partial charge in [-0.15, -0.1) is 0 Å². The van der Waals surface area contributed by atoms with Gasteiger partial charge in [-0.25, -0.2) is 0 Å². The second-order valence-corrected chi connectivity index (χ2v) is 4.70. The van der Waals surface area contributed by atoms with Crippen LogP contribution in [-0.2, 0) is 0 Å². The van der Waals surface area contributed by atoms with Crippen molar-refractivity contribution in [3.05, 3.63) is 35.4 Å². The quantitative estimate of drug-likeness (QED) is 0.797. The molecule has 2 nitrogen and oxygen atoms in total. The number of rotatable bonds is 6. The Morgan fingerprint density at radius 1 is 1.06 bits per heavy atom. The summed E-state index contributed by atoms with van der Waals surface area (Å²) in [5.41, 5.74) is 2.49. The van der Waals surface area contributed by atoms with Crippen molar-refractivity contribution in [3.8, 4) is 0 Å². The Morgan fingerprint density at radius 3 is 2.12 bits per heavy atom. The monoisotopic (exact) mass is 236 g/mol. The van der Waals surface area contributed by atoms with Crippen LogP contribution in [0.4, 0.5) is 0 Å². The molecule has 0 aromatic heterocycles. The number of aliphatic hydroxyl groups excluding tert-OH is 2. The highest BCUT2D eigenvalue weighted by atomic mass is 16.3. The summed E-state index contributed by atoms with van der Waals surface area (Å²) in [4.78, 5) is 0. The second kappa shape index (κ2) is 6.77. The molecule has 1 aromatic rings. The van der Waals surface area contributed by atoms with Gasteiger partial charge in [0.15, 0.2) is 0 Å². The van der Waals surface area contributed by atoms with Crippen molar-refractivity contribution in [2.24, 2.45) is 0 Å². The van der Waals surface area contributed by atoms with Gasteiger partial charge in [0, 0.05) is 5.92 Å². The zero-order valence-electron chi connectivity index (χ0n) is 11.1. The van der Waals surface area contributed by atoms with Crippen molar-refractivity contribution in [1.29, 1.82) is 0 Å². The summed E-state index contributed by atoms with van der Waals surface area (Å²) >= 11 is 0. The maximum absolute atomic E-state index is 9.90. The Bertz CT molecular complexity index is 335. The zero-order valence-corrected chi connectivity index (χ0v) is 11.1. The molecule has 3 unspecified atom stereocenters. The molecule has 0 saturated heterocycles. The third-order valence-electron chi connectivity index (χ3n) is 3.63. The van der Waals surface area contributed by atoms with Gasteiger partial charge in [-0.2, -0.15) is 0 Å². The van der Waals surface area contributed by atoms with Gasteiger partial charge in [-0.05, 0) is 29.9 Å². The van der Waals surface area contributed by atoms with Gasteiger partial charge >= 0.3 is 0 Å². The largest absolute Gasteiger partial charge is 0.394 e. The molecule has 3 atom stereocenters. The van der Waals surface area contributed by atoms with E-state index in [0.717, 1.165) is 12.8 Å². The van der Waals surface area contributed by atoms with Crippen LogP contribution < -0.4 is 0 Å². The van der Waals surface area contributed by atoms with Gasteiger partial charge in [-0.3, -0.25) is 0 Å². The van der Waals surface area contributed by atoms with Gasteiger partial charge in [0.25, 0.3) is 0 Å². The van der Waals surface area contributed by atoms with Crippen molar-refractivity contribution >= 4 is 0 Å². The summed E-state index contributed by atoms with van der Waals surface area (Å²) in [5.74, 6) is 0.524. The first-order chi connectivity index (χ1) is 8.15. The lowest BCUT2D eigenvalue weighted by molar-refractivity contribution is 0.0710. The molecule has 17 heavy (non-hydrogen) atoms. The van der Waals surface area contributed by atoms with Crippen LogP contribution in [0.15, 0.2) is 24.3 Å². The summed E-state index contributed by atoms with van der Waals surface area (Å²) in [7, 11) is 0. The van der Waals surface area contributed by atoms with Gasteiger partial charge in [0.1, 0.15) is 0 Å². The maximum atomic E-state index is 9.90. The summed E-state index contributed by atoms with van der Waals surface area (Å²) in [5, 5.41) is 19.0. The molecule has 0 amide bonds. The molecule has 1 rings (SSSR count). The molecule has 0 aliphatic carbocycles. The molecule has 2 N–H and O–H groups in total. The Labute approximate surface area is 104 Å². The first kappa shape index (κ1) is 14.2. The lowest BCUT2D eigenvalue weighted by atomic mass is 9.83. The van der Waals surface area contributed by atoms with Crippen LogP contribution in [-0.4, -0.2) is 22.9 Å². The van der Waals surface area contributed by atoms with Gasteiger partial charge in [0.2, 0.25) is 0 Å². The molecule has 0 spiro atoms. The predicted molar refractivity (Wildman–Crippen MR) is 71.3 cm³/mol. The van der Waals surface area contributed by atoms with Crippen LogP contribution in [0.3, 0.4) is 0 Å². The first-order valence-electron chi connectivity index (χ1n) is 6.53. The Hall–Kier alpha value is -0.860. The Kier molecular flexibility index (Phi) is 5.66. The van der Waals surface area contributed by atoms with Crippen LogP contribution in [0.25, 0.3) is 0 Å². The molecule has 0 saturated carbocycles. The van der Waals surface area contributed by atoms with Crippen LogP contribution in [0.5, 0.6) is 0 Å². The fourth-order valence-corrected chi connectivity index (χ4v) is 2.34. The van der Waals surface area contributed by atoms with E-state index in [1.807, 2.05) is 12.1 Å². The van der Waals surface area contributed by atoms with E-state index in [9.17, 15) is 5.11 Å². The SMILES string of the molecule is CCC(C)c1ccccc1C(CC)C(O)CO. The Balaban J connectivity index is 3.10. The molecular weight excluding hydrogens is 212 g/mol. The maximum Gasteiger partial charge on any atom is 0.0839 e. The van der Waals surface area contributed by atoms with Gasteiger partial charge in [-0.1, -0.05) is 45.0 Å². The lowest BCUT2D eigenvalue weighted by Gasteiger charge is -2.25. The average Bonchev–Trinajstić information content (AvgIpc) is 2.39. The van der Waals surface area contributed by atoms with Crippen LogP contribution in [0, 0.1) is 0 Å². The molecule has 0 radical (unpaired) electrons. The van der Waals surface area contributed by atoms with Crippen molar-refractivity contribution in [2.45, 2.75) is 51.6 Å². The zero-order chi connectivity index (χ0) is 12.8. The first-order valence-corrected chi connectivity index (χ1v) is 6.53. The van der Waals surface area contributed by atoms with Crippen molar-refractivity contribution < 1.29 is 10.2 Å². The van der Waals surface area contributed by atoms with E-state index in [-0.39, 0.29) is 12.5 Å². The van der Waals surface area contributed by atoms with E-state index in [1.165, 1.54) is 11.1 Å². The van der Waals surface area contributed by atoms with Crippen LogP contribution >= 0.6 is 0 Å². The standard InChI is InChI=1S/C15H24O2/c1-4-11(3)13-8-6-7-9-14(13)12(5-2)15(17)10-16/h6-9,11-12,15-17H,4-5,10H2,1-3H3. The highest BCUT2D eigenvalue weighted by Gasteiger charge is 2.22. The second-order valence-electron chi connectivity index (χ2n) is 4.70. The summed E-state index contributed by atoms with van der Waals surface area (Å²) in [6.45, 7) is 6.26. The van der Waals surface area contributed by atoms with E-state index in [1.54, 1.807) is 0 Å². The highest BCUT2D eigenvalue weighted by molar-refractivity contribution is 5.33. The fourth-order valence-electron chi connectivity index (χ4n) is 2.34. The molecule has 1 aromatic carbocycles. The summed E-state index contributed by atoms with van der Waals surface area (Å²) < 4.78 is 0. The number of hydrogen-bond acceptors (Lipinski definition) is 2. The molecule has 2 heteroatoms. The van der Waals surface area contributed by atoms with Crippen molar-refractivity contribution in [2.75, 3.05) is 6.61 Å². The highest BCUT2D eigenvalue weighted by Crippen LogP contribution is 2.31. The number of hydrogen-bond donors (Lipinski definition) is 2. The molecule has 0 fully saturated rings. The van der Waals surface area contributed by atoms with Crippen molar-refractivity contribution in [3.63, 3.8) is 0 Å². The molecule has 0 aliphatic rings. The van der Waals surface area contributed by atoms with Gasteiger partial charge in [0.05, 0.1) is 12.7 Å². The molecule has 96 valence electrons. The minimum Gasteiger partial charge on any atom is -0.394 e. The van der Waals surface area contributed by atoms with E-state index >= 15 is 0 Å². The van der Waals surface area contributed by atoms with Crippen LogP contribution in [0.1, 0.15) is 56.6 Å². The van der Waals surface area contributed by atoms with E-state index in [2.05, 4.69) is 32.9 Å². The third kappa shape index (κ3) is 3.30. The lowest BCUT2D eigenvalue weighted by Crippen LogP contribution is -2.23. The average molecular weight is 236 g/mol. The summed E-state index contributed by atoms with van der Waals surface area (Å²) in [6, 6.07) is 8.27. The number of aliphatic hydroxyl groups is 2. The van der Waals surface area contributed by atoms with Crippen molar-refractivity contribution in [1.82, 2.24) is 0 Å². The molecular formula is C15H24O2. The van der Waals surface area contributed by atoms with Gasteiger partial charge < -0.3 is 10.2 Å². The topological polar surface area (TPSA) is 40.5 Å². The predicted octanol–water partition coefficient (Wildman–Crippen LogP) is 3.05. The summed E-state index contributed by atoms with van der Waals surface area (Å²) in [6.07, 6.45) is 1.27. The minimum absolute atomic E-state index is 0.0326. The third-order valence-corrected chi connectivity index (χ3v) is 3.63. The van der Waals surface area contributed by atoms with Crippen LogP contribution in [0.2, 0.25) is 0 Å². The molecule has 0 aliphatic heterocycles. The fraction of sp³-hybridized carbons (Fsp3) is 0.600. The van der Waals surface area contributed by atoms with E-state index in [4.69, 9.17) is 5.11 Å². The smallest absolute Gasteiger partial charge is 0.0839 e. The number of benzene rings is 1. The molecule has 0 bridgehead atoms. The van der Waals surface area contributed by atoms with E-state index < -0.39 is 6.10 Å². The normalized spacial score (nSPS) is 16.5.